The van der Waals surface area contributed by atoms with E-state index >= 15 is 0 Å². The van der Waals surface area contributed by atoms with E-state index in [2.05, 4.69) is 87.4 Å². The zero-order valence-electron chi connectivity index (χ0n) is 16.1. The molecule has 0 heterocycles. The molecular formula is C23H29NSi. The van der Waals surface area contributed by atoms with Gasteiger partial charge in [-0.3, -0.25) is 0 Å². The molecule has 3 aromatic carbocycles. The van der Waals surface area contributed by atoms with E-state index < -0.39 is 8.24 Å². The highest BCUT2D eigenvalue weighted by atomic mass is 28.3. The van der Waals surface area contributed by atoms with Crippen molar-refractivity contribution in [1.29, 1.82) is 0 Å². The van der Waals surface area contributed by atoms with Gasteiger partial charge >= 0.3 is 0 Å². The van der Waals surface area contributed by atoms with Crippen LogP contribution in [0.5, 0.6) is 0 Å². The third kappa shape index (κ3) is 2.92. The maximum Gasteiger partial charge on any atom is 0.123 e. The van der Waals surface area contributed by atoms with Gasteiger partial charge < -0.3 is 4.98 Å². The van der Waals surface area contributed by atoms with Crippen LogP contribution in [0.2, 0.25) is 18.6 Å². The number of hydrogen-bond donors (Lipinski definition) is 1. The van der Waals surface area contributed by atoms with Crippen molar-refractivity contribution in [3.63, 3.8) is 0 Å². The highest BCUT2D eigenvalue weighted by Gasteiger charge is 2.39. The molecule has 0 aliphatic heterocycles. The van der Waals surface area contributed by atoms with Crippen molar-refractivity contribution in [3.8, 4) is 0 Å². The summed E-state index contributed by atoms with van der Waals surface area (Å²) < 4.78 is 0. The summed E-state index contributed by atoms with van der Waals surface area (Å²) in [7, 11) is -1.53. The molecule has 0 spiro atoms. The van der Waals surface area contributed by atoms with Crippen molar-refractivity contribution in [3.05, 3.63) is 59.7 Å². The summed E-state index contributed by atoms with van der Waals surface area (Å²) in [5.41, 5.74) is 4.16. The van der Waals surface area contributed by atoms with Crippen LogP contribution in [0.3, 0.4) is 0 Å². The van der Waals surface area contributed by atoms with Crippen molar-refractivity contribution in [2.24, 2.45) is 0 Å². The van der Waals surface area contributed by atoms with Crippen LogP contribution in [-0.4, -0.2) is 13.8 Å². The SMILES string of the molecule is CC(C)(C)N[Si](C)(C)C1Cc2c(c3ccccc3c3ccccc23)C1. The highest BCUT2D eigenvalue weighted by Crippen LogP contribution is 2.44. The molecule has 4 rings (SSSR count). The predicted molar refractivity (Wildman–Crippen MR) is 113 cm³/mol. The second-order valence-electron chi connectivity index (χ2n) is 9.25. The lowest BCUT2D eigenvalue weighted by Gasteiger charge is -2.37. The van der Waals surface area contributed by atoms with Crippen LogP contribution in [0.1, 0.15) is 31.9 Å². The Morgan fingerprint density at radius 1 is 0.760 bits per heavy atom. The Labute approximate surface area is 152 Å². The Morgan fingerprint density at radius 2 is 1.16 bits per heavy atom. The fraction of sp³-hybridized carbons (Fsp3) is 0.391. The van der Waals surface area contributed by atoms with Crippen molar-refractivity contribution in [2.45, 2.75) is 57.8 Å². The standard InChI is InChI=1S/C23H29NSi/c1-23(2,3)24-25(4,5)16-14-21-19-12-8-6-10-17(19)18-11-7-9-13-20(18)22(21)15-16/h6-13,16,24H,14-15H2,1-5H3. The van der Waals surface area contributed by atoms with Crippen molar-refractivity contribution < 1.29 is 0 Å². The zero-order valence-corrected chi connectivity index (χ0v) is 17.1. The maximum atomic E-state index is 4.01. The van der Waals surface area contributed by atoms with Gasteiger partial charge in [-0.2, -0.15) is 0 Å². The summed E-state index contributed by atoms with van der Waals surface area (Å²) in [6, 6.07) is 18.0. The van der Waals surface area contributed by atoms with E-state index in [1.807, 2.05) is 0 Å². The molecule has 0 saturated carbocycles. The van der Waals surface area contributed by atoms with Gasteiger partial charge in [-0.15, -0.1) is 0 Å². The van der Waals surface area contributed by atoms with Gasteiger partial charge in [0.05, 0.1) is 0 Å². The second kappa shape index (κ2) is 5.68. The van der Waals surface area contributed by atoms with Crippen LogP contribution in [0.15, 0.2) is 48.5 Å². The molecule has 3 aromatic rings. The molecule has 1 aliphatic carbocycles. The number of fused-ring (bicyclic) bond motifs is 6. The first-order valence-corrected chi connectivity index (χ1v) is 12.5. The fourth-order valence-corrected chi connectivity index (χ4v) is 8.46. The molecule has 0 bridgehead atoms. The molecule has 130 valence electrons. The normalized spacial score (nSPS) is 15.9. The Kier molecular flexibility index (Phi) is 3.82. The maximum absolute atomic E-state index is 4.01. The predicted octanol–water partition coefficient (Wildman–Crippen LogP) is 6.06. The molecule has 25 heavy (non-hydrogen) atoms. The fourth-order valence-electron chi connectivity index (χ4n) is 4.90. The number of nitrogens with one attached hydrogen (secondary N) is 1. The van der Waals surface area contributed by atoms with Crippen LogP contribution in [0, 0.1) is 0 Å². The lowest BCUT2D eigenvalue weighted by Crippen LogP contribution is -2.57. The van der Waals surface area contributed by atoms with Gasteiger partial charge in [0.1, 0.15) is 8.24 Å². The van der Waals surface area contributed by atoms with E-state index in [9.17, 15) is 0 Å². The van der Waals surface area contributed by atoms with Gasteiger partial charge in [-0.25, -0.2) is 0 Å². The first-order valence-electron chi connectivity index (χ1n) is 9.47. The summed E-state index contributed by atoms with van der Waals surface area (Å²) in [5, 5.41) is 5.78. The molecule has 2 heteroatoms. The third-order valence-corrected chi connectivity index (χ3v) is 9.62. The van der Waals surface area contributed by atoms with Crippen LogP contribution in [0.4, 0.5) is 0 Å². The van der Waals surface area contributed by atoms with Gasteiger partial charge in [-0.05, 0) is 71.8 Å². The van der Waals surface area contributed by atoms with Crippen LogP contribution in [0.25, 0.3) is 21.5 Å². The van der Waals surface area contributed by atoms with Crippen molar-refractivity contribution in [1.82, 2.24) is 4.98 Å². The van der Waals surface area contributed by atoms with Gasteiger partial charge in [0, 0.05) is 5.54 Å². The molecule has 0 saturated heterocycles. The molecule has 0 unspecified atom stereocenters. The molecule has 0 atom stereocenters. The molecule has 0 amide bonds. The molecule has 0 fully saturated rings. The lowest BCUT2D eigenvalue weighted by atomic mass is 9.93. The molecule has 1 N–H and O–H groups in total. The van der Waals surface area contributed by atoms with Crippen LogP contribution < -0.4 is 4.98 Å². The highest BCUT2D eigenvalue weighted by molar-refractivity contribution is 6.76. The minimum absolute atomic E-state index is 0.189. The number of hydrogen-bond acceptors (Lipinski definition) is 1. The topological polar surface area (TPSA) is 12.0 Å². The Morgan fingerprint density at radius 3 is 1.56 bits per heavy atom. The van der Waals surface area contributed by atoms with Crippen molar-refractivity contribution >= 4 is 29.8 Å². The lowest BCUT2D eigenvalue weighted by molar-refractivity contribution is 0.504. The van der Waals surface area contributed by atoms with E-state index in [1.54, 1.807) is 11.1 Å². The second-order valence-corrected chi connectivity index (χ2v) is 13.8. The summed E-state index contributed by atoms with van der Waals surface area (Å²) in [5.74, 6) is 0. The Balaban J connectivity index is 1.87. The summed E-state index contributed by atoms with van der Waals surface area (Å²) >= 11 is 0. The third-order valence-electron chi connectivity index (χ3n) is 5.78. The quantitative estimate of drug-likeness (QED) is 0.439. The molecule has 1 aliphatic rings. The van der Waals surface area contributed by atoms with Crippen molar-refractivity contribution in [2.75, 3.05) is 0 Å². The number of benzene rings is 3. The van der Waals surface area contributed by atoms with E-state index in [1.165, 1.54) is 34.4 Å². The Bertz CT molecular complexity index is 885. The van der Waals surface area contributed by atoms with Crippen LogP contribution in [-0.2, 0) is 12.8 Å². The molecule has 1 nitrogen and oxygen atoms in total. The van der Waals surface area contributed by atoms with Gasteiger partial charge in [0.15, 0.2) is 0 Å². The van der Waals surface area contributed by atoms with E-state index in [0.717, 1.165) is 5.54 Å². The smallest absolute Gasteiger partial charge is 0.123 e. The minimum Gasteiger partial charge on any atom is -0.332 e. The van der Waals surface area contributed by atoms with E-state index in [-0.39, 0.29) is 5.54 Å². The monoisotopic (exact) mass is 347 g/mol. The summed E-state index contributed by atoms with van der Waals surface area (Å²) in [4.78, 5) is 4.01. The zero-order chi connectivity index (χ0) is 17.8. The molecular weight excluding hydrogens is 318 g/mol. The van der Waals surface area contributed by atoms with Gasteiger partial charge in [0.2, 0.25) is 0 Å². The summed E-state index contributed by atoms with van der Waals surface area (Å²) in [6.45, 7) is 11.9. The van der Waals surface area contributed by atoms with Crippen LogP contribution >= 0.6 is 0 Å². The Hall–Kier alpha value is -1.64. The van der Waals surface area contributed by atoms with E-state index in [0.29, 0.717) is 0 Å². The first-order chi connectivity index (χ1) is 11.8. The minimum atomic E-state index is -1.53. The molecule has 0 radical (unpaired) electrons. The van der Waals surface area contributed by atoms with Gasteiger partial charge in [0.25, 0.3) is 0 Å². The molecule has 0 aromatic heterocycles. The van der Waals surface area contributed by atoms with E-state index in [4.69, 9.17) is 0 Å². The average Bonchev–Trinajstić information content (AvgIpc) is 3.00. The van der Waals surface area contributed by atoms with Gasteiger partial charge in [-0.1, -0.05) is 61.6 Å². The largest absolute Gasteiger partial charge is 0.332 e. The average molecular weight is 348 g/mol. The number of rotatable bonds is 2. The summed E-state index contributed by atoms with van der Waals surface area (Å²) in [6.07, 6.45) is 2.45. The first kappa shape index (κ1) is 16.8.